The third-order valence-corrected chi connectivity index (χ3v) is 4.26. The van der Waals surface area contributed by atoms with E-state index >= 15 is 0 Å². The first kappa shape index (κ1) is 15.3. The molecule has 2 aromatic rings. The van der Waals surface area contributed by atoms with Crippen LogP contribution in [-0.4, -0.2) is 33.3 Å². The molecule has 0 spiro atoms. The van der Waals surface area contributed by atoms with Gasteiger partial charge < -0.3 is 10.4 Å². The average Bonchev–Trinajstić information content (AvgIpc) is 3.10. The summed E-state index contributed by atoms with van der Waals surface area (Å²) >= 11 is 1.24. The van der Waals surface area contributed by atoms with E-state index in [4.69, 9.17) is 5.11 Å². The number of halogens is 1. The molecular formula is C14H13FN4O3S. The minimum absolute atomic E-state index is 0.248. The van der Waals surface area contributed by atoms with Crippen LogP contribution in [0.2, 0.25) is 0 Å². The fraction of sp³-hybridized carbons (Fsp3) is 0.286. The lowest BCUT2D eigenvalue weighted by molar-refractivity contribution is 0.102. The number of nitrogens with zero attached hydrogens (tertiary/aromatic N) is 2. The average molecular weight is 336 g/mol. The van der Waals surface area contributed by atoms with Gasteiger partial charge >= 0.3 is 6.09 Å². The van der Waals surface area contributed by atoms with Gasteiger partial charge in [-0.25, -0.2) is 9.18 Å². The van der Waals surface area contributed by atoms with Crippen LogP contribution in [0.5, 0.6) is 0 Å². The number of rotatable bonds is 4. The zero-order valence-electron chi connectivity index (χ0n) is 12.0. The van der Waals surface area contributed by atoms with Gasteiger partial charge in [-0.15, -0.1) is 10.2 Å². The quantitative estimate of drug-likeness (QED) is 0.795. The van der Waals surface area contributed by atoms with Gasteiger partial charge in [-0.05, 0) is 37.1 Å². The van der Waals surface area contributed by atoms with E-state index in [0.29, 0.717) is 17.1 Å². The topological polar surface area (TPSA) is 104 Å². The molecule has 1 aromatic carbocycles. The molecule has 1 saturated carbocycles. The smallest absolute Gasteiger partial charge is 0.404 e. The molecule has 120 valence electrons. The normalized spacial score (nSPS) is 19.2. The summed E-state index contributed by atoms with van der Waals surface area (Å²) < 4.78 is 13.9. The van der Waals surface area contributed by atoms with Crippen LogP contribution in [0.25, 0.3) is 0 Å². The van der Waals surface area contributed by atoms with Crippen LogP contribution < -0.4 is 10.6 Å². The van der Waals surface area contributed by atoms with Crippen LogP contribution in [0.4, 0.5) is 14.3 Å². The van der Waals surface area contributed by atoms with E-state index in [1.807, 2.05) is 0 Å². The minimum atomic E-state index is -1.14. The Hall–Kier alpha value is -2.55. The lowest BCUT2D eigenvalue weighted by Gasteiger charge is -2.06. The molecule has 1 aliphatic rings. The molecule has 2 amide bonds. The third-order valence-electron chi connectivity index (χ3n) is 3.50. The van der Waals surface area contributed by atoms with E-state index in [-0.39, 0.29) is 17.5 Å². The molecule has 2 unspecified atom stereocenters. The van der Waals surface area contributed by atoms with Crippen molar-refractivity contribution in [1.82, 2.24) is 15.5 Å². The Morgan fingerprint density at radius 2 is 2.17 bits per heavy atom. The summed E-state index contributed by atoms with van der Waals surface area (Å²) in [5.41, 5.74) is 0.625. The number of anilines is 1. The van der Waals surface area contributed by atoms with Gasteiger partial charge in [-0.2, -0.15) is 0 Å². The first-order valence-corrected chi connectivity index (χ1v) is 7.66. The molecule has 0 radical (unpaired) electrons. The first-order chi connectivity index (χ1) is 10.9. The largest absolute Gasteiger partial charge is 0.465 e. The zero-order chi connectivity index (χ0) is 16.6. The molecule has 1 aliphatic carbocycles. The first-order valence-electron chi connectivity index (χ1n) is 6.84. The Morgan fingerprint density at radius 1 is 1.39 bits per heavy atom. The van der Waals surface area contributed by atoms with E-state index in [0.717, 1.165) is 5.01 Å². The number of carbonyl (C=O) groups is 2. The lowest BCUT2D eigenvalue weighted by atomic mass is 10.1. The number of carbonyl (C=O) groups excluding carboxylic acids is 1. The summed E-state index contributed by atoms with van der Waals surface area (Å²) in [6, 6.07) is 3.73. The number of aryl methyl sites for hydroxylation is 1. The van der Waals surface area contributed by atoms with E-state index in [1.54, 1.807) is 6.92 Å². The molecule has 0 bridgehead atoms. The van der Waals surface area contributed by atoms with E-state index in [1.165, 1.54) is 29.5 Å². The standard InChI is InChI=1S/C14H13FN4O3S/c1-6-18-19-13(23-6)17-12(20)7-2-3-10(15)8(4-7)9-5-11(9)16-14(21)22/h2-4,9,11,16H,5H2,1H3,(H,21,22)(H,17,19,20). The van der Waals surface area contributed by atoms with Crippen LogP contribution >= 0.6 is 11.3 Å². The maximum Gasteiger partial charge on any atom is 0.404 e. The molecule has 1 heterocycles. The Bertz CT molecular complexity index is 779. The van der Waals surface area contributed by atoms with Gasteiger partial charge in [-0.1, -0.05) is 11.3 Å². The fourth-order valence-corrected chi connectivity index (χ4v) is 2.93. The van der Waals surface area contributed by atoms with Crippen molar-refractivity contribution in [3.63, 3.8) is 0 Å². The number of hydrogen-bond donors (Lipinski definition) is 3. The second kappa shape index (κ2) is 5.92. The summed E-state index contributed by atoms with van der Waals surface area (Å²) in [7, 11) is 0. The molecule has 9 heteroatoms. The zero-order valence-corrected chi connectivity index (χ0v) is 12.9. The van der Waals surface area contributed by atoms with Gasteiger partial charge in [0.05, 0.1) is 0 Å². The van der Waals surface area contributed by atoms with E-state index < -0.39 is 17.8 Å². The number of carboxylic acid groups (broad SMARTS) is 1. The number of aromatic nitrogens is 2. The molecule has 3 rings (SSSR count). The second-order valence-electron chi connectivity index (χ2n) is 5.21. The summed E-state index contributed by atoms with van der Waals surface area (Å²) in [4.78, 5) is 22.8. The van der Waals surface area contributed by atoms with Crippen LogP contribution in [-0.2, 0) is 0 Å². The van der Waals surface area contributed by atoms with Crippen molar-refractivity contribution in [3.8, 4) is 0 Å². The maximum atomic E-state index is 13.9. The Labute approximate surface area is 134 Å². The molecule has 3 N–H and O–H groups in total. The van der Waals surface area contributed by atoms with Crippen LogP contribution in [0.1, 0.15) is 33.3 Å². The molecule has 2 atom stereocenters. The Kier molecular flexibility index (Phi) is 3.95. The summed E-state index contributed by atoms with van der Waals surface area (Å²) in [5, 5.41) is 22.3. The Balaban J connectivity index is 1.75. The predicted octanol–water partition coefficient (Wildman–Crippen LogP) is 2.36. The molecule has 7 nitrogen and oxygen atoms in total. The number of amides is 2. The maximum absolute atomic E-state index is 13.9. The summed E-state index contributed by atoms with van der Waals surface area (Å²) in [6.45, 7) is 1.77. The summed E-state index contributed by atoms with van der Waals surface area (Å²) in [6.07, 6.45) is -0.623. The number of benzene rings is 1. The highest BCUT2D eigenvalue weighted by Crippen LogP contribution is 2.42. The van der Waals surface area contributed by atoms with Crippen molar-refractivity contribution in [2.75, 3.05) is 5.32 Å². The van der Waals surface area contributed by atoms with Crippen LogP contribution in [0, 0.1) is 12.7 Å². The molecular weight excluding hydrogens is 323 g/mol. The van der Waals surface area contributed by atoms with Crippen molar-refractivity contribution in [2.45, 2.75) is 25.3 Å². The van der Waals surface area contributed by atoms with E-state index in [2.05, 4.69) is 20.8 Å². The molecule has 0 aliphatic heterocycles. The molecule has 0 saturated heterocycles. The van der Waals surface area contributed by atoms with Crippen molar-refractivity contribution in [3.05, 3.63) is 40.2 Å². The van der Waals surface area contributed by atoms with Crippen molar-refractivity contribution < 1.29 is 19.1 Å². The van der Waals surface area contributed by atoms with E-state index in [9.17, 15) is 14.0 Å². The highest BCUT2D eigenvalue weighted by atomic mass is 32.1. The third kappa shape index (κ3) is 3.45. The fourth-order valence-electron chi connectivity index (χ4n) is 2.34. The number of hydrogen-bond acceptors (Lipinski definition) is 5. The second-order valence-corrected chi connectivity index (χ2v) is 6.40. The van der Waals surface area contributed by atoms with Gasteiger partial charge in [0.1, 0.15) is 10.8 Å². The number of nitrogens with one attached hydrogen (secondary N) is 2. The van der Waals surface area contributed by atoms with Crippen molar-refractivity contribution in [1.29, 1.82) is 0 Å². The van der Waals surface area contributed by atoms with Gasteiger partial charge in [0.25, 0.3) is 5.91 Å². The highest BCUT2D eigenvalue weighted by Gasteiger charge is 2.41. The van der Waals surface area contributed by atoms with Gasteiger partial charge in [0, 0.05) is 17.5 Å². The Morgan fingerprint density at radius 3 is 2.83 bits per heavy atom. The molecule has 1 fully saturated rings. The monoisotopic (exact) mass is 336 g/mol. The van der Waals surface area contributed by atoms with Crippen molar-refractivity contribution in [2.24, 2.45) is 0 Å². The van der Waals surface area contributed by atoms with Crippen molar-refractivity contribution >= 4 is 28.5 Å². The molecule has 1 aromatic heterocycles. The van der Waals surface area contributed by atoms with Crippen LogP contribution in [0.3, 0.4) is 0 Å². The minimum Gasteiger partial charge on any atom is -0.465 e. The van der Waals surface area contributed by atoms with Gasteiger partial charge in [-0.3, -0.25) is 10.1 Å². The van der Waals surface area contributed by atoms with Crippen LogP contribution in [0.15, 0.2) is 18.2 Å². The van der Waals surface area contributed by atoms with Gasteiger partial charge in [0.15, 0.2) is 0 Å². The molecule has 23 heavy (non-hydrogen) atoms. The van der Waals surface area contributed by atoms with Gasteiger partial charge in [0.2, 0.25) is 5.13 Å². The highest BCUT2D eigenvalue weighted by molar-refractivity contribution is 7.15. The predicted molar refractivity (Wildman–Crippen MR) is 81.3 cm³/mol. The summed E-state index contributed by atoms with van der Waals surface area (Å²) in [5.74, 6) is -1.11. The lowest BCUT2D eigenvalue weighted by Crippen LogP contribution is -2.24. The SMILES string of the molecule is Cc1nnc(NC(=O)c2ccc(F)c(C3CC3NC(=O)O)c2)s1.